The SMILES string of the molecule is CCSc1ccccc1C(=O)O[C@@H](C)C(=O)NC(=O)NCc1ccccc1. The first-order valence-corrected chi connectivity index (χ1v) is 9.55. The van der Waals surface area contributed by atoms with Crippen molar-refractivity contribution in [3.8, 4) is 0 Å². The van der Waals surface area contributed by atoms with E-state index >= 15 is 0 Å². The third-order valence-corrected chi connectivity index (χ3v) is 4.55. The van der Waals surface area contributed by atoms with E-state index in [2.05, 4.69) is 10.6 Å². The second-order valence-electron chi connectivity index (χ2n) is 5.63. The van der Waals surface area contributed by atoms with Gasteiger partial charge < -0.3 is 10.1 Å². The summed E-state index contributed by atoms with van der Waals surface area (Å²) in [6.07, 6.45) is -1.10. The van der Waals surface area contributed by atoms with E-state index < -0.39 is 24.0 Å². The van der Waals surface area contributed by atoms with E-state index in [1.807, 2.05) is 49.4 Å². The van der Waals surface area contributed by atoms with Crippen LogP contribution in [0.3, 0.4) is 0 Å². The van der Waals surface area contributed by atoms with E-state index in [-0.39, 0.29) is 6.54 Å². The molecule has 0 aliphatic rings. The number of hydrogen-bond acceptors (Lipinski definition) is 5. The molecule has 2 N–H and O–H groups in total. The van der Waals surface area contributed by atoms with Crippen LogP contribution in [-0.2, 0) is 16.1 Å². The van der Waals surface area contributed by atoms with E-state index in [0.29, 0.717) is 5.56 Å². The number of amides is 3. The summed E-state index contributed by atoms with van der Waals surface area (Å²) in [6, 6.07) is 15.7. The minimum atomic E-state index is -1.10. The molecule has 2 rings (SSSR count). The minimum absolute atomic E-state index is 0.287. The second-order valence-corrected chi connectivity index (χ2v) is 6.94. The zero-order chi connectivity index (χ0) is 19.6. The molecule has 0 radical (unpaired) electrons. The van der Waals surface area contributed by atoms with Gasteiger partial charge in [0.05, 0.1) is 5.56 Å². The van der Waals surface area contributed by atoms with Crippen LogP contribution in [0.2, 0.25) is 0 Å². The van der Waals surface area contributed by atoms with E-state index in [0.717, 1.165) is 16.2 Å². The molecule has 0 aliphatic heterocycles. The fourth-order valence-corrected chi connectivity index (χ4v) is 3.02. The fraction of sp³-hybridized carbons (Fsp3) is 0.250. The molecule has 0 fully saturated rings. The number of hydrogen-bond donors (Lipinski definition) is 2. The summed E-state index contributed by atoms with van der Waals surface area (Å²) in [4.78, 5) is 37.1. The van der Waals surface area contributed by atoms with Gasteiger partial charge in [-0.2, -0.15) is 0 Å². The molecule has 0 aliphatic carbocycles. The first-order chi connectivity index (χ1) is 13.0. The van der Waals surface area contributed by atoms with E-state index in [1.165, 1.54) is 18.7 Å². The highest BCUT2D eigenvalue weighted by Gasteiger charge is 2.22. The lowest BCUT2D eigenvalue weighted by Gasteiger charge is -2.14. The van der Waals surface area contributed by atoms with Gasteiger partial charge in [0.1, 0.15) is 0 Å². The number of esters is 1. The Morgan fingerprint density at radius 3 is 2.41 bits per heavy atom. The summed E-state index contributed by atoms with van der Waals surface area (Å²) in [5.74, 6) is -0.476. The first-order valence-electron chi connectivity index (χ1n) is 8.56. The molecule has 0 saturated heterocycles. The van der Waals surface area contributed by atoms with Gasteiger partial charge >= 0.3 is 12.0 Å². The largest absolute Gasteiger partial charge is 0.449 e. The maximum atomic E-state index is 12.3. The third-order valence-electron chi connectivity index (χ3n) is 3.59. The van der Waals surface area contributed by atoms with Crippen molar-refractivity contribution in [3.05, 3.63) is 65.7 Å². The maximum Gasteiger partial charge on any atom is 0.340 e. The van der Waals surface area contributed by atoms with Crippen LogP contribution in [-0.4, -0.2) is 29.8 Å². The Morgan fingerprint density at radius 1 is 1.04 bits per heavy atom. The van der Waals surface area contributed by atoms with Gasteiger partial charge in [-0.15, -0.1) is 11.8 Å². The predicted molar refractivity (Wildman–Crippen MR) is 105 cm³/mol. The number of carbonyl (C=O) groups excluding carboxylic acids is 3. The molecule has 0 saturated carbocycles. The van der Waals surface area contributed by atoms with Crippen molar-refractivity contribution >= 4 is 29.7 Å². The lowest BCUT2D eigenvalue weighted by Crippen LogP contribution is -2.44. The van der Waals surface area contributed by atoms with Gasteiger partial charge in [0.2, 0.25) is 0 Å². The molecule has 142 valence electrons. The number of urea groups is 1. The van der Waals surface area contributed by atoms with Crippen molar-refractivity contribution in [3.63, 3.8) is 0 Å². The average molecular weight is 386 g/mol. The number of ether oxygens (including phenoxy) is 1. The lowest BCUT2D eigenvalue weighted by atomic mass is 10.2. The van der Waals surface area contributed by atoms with Crippen molar-refractivity contribution < 1.29 is 19.1 Å². The topological polar surface area (TPSA) is 84.5 Å². The van der Waals surface area contributed by atoms with Crippen LogP contribution in [0.25, 0.3) is 0 Å². The van der Waals surface area contributed by atoms with Crippen LogP contribution < -0.4 is 10.6 Å². The van der Waals surface area contributed by atoms with Crippen molar-refractivity contribution in [1.82, 2.24) is 10.6 Å². The zero-order valence-corrected chi connectivity index (χ0v) is 16.0. The molecule has 0 heterocycles. The average Bonchev–Trinajstić information content (AvgIpc) is 2.67. The van der Waals surface area contributed by atoms with Crippen LogP contribution in [0.5, 0.6) is 0 Å². The van der Waals surface area contributed by atoms with E-state index in [4.69, 9.17) is 4.74 Å². The summed E-state index contributed by atoms with van der Waals surface area (Å²) in [5.41, 5.74) is 1.31. The van der Waals surface area contributed by atoms with Crippen LogP contribution >= 0.6 is 11.8 Å². The number of thioether (sulfide) groups is 1. The van der Waals surface area contributed by atoms with Crippen molar-refractivity contribution in [2.24, 2.45) is 0 Å². The van der Waals surface area contributed by atoms with Crippen LogP contribution in [0, 0.1) is 0 Å². The summed E-state index contributed by atoms with van der Waals surface area (Å²) in [7, 11) is 0. The van der Waals surface area contributed by atoms with E-state index in [9.17, 15) is 14.4 Å². The Labute approximate surface area is 162 Å². The van der Waals surface area contributed by atoms with Crippen molar-refractivity contribution in [2.45, 2.75) is 31.4 Å². The molecular weight excluding hydrogens is 364 g/mol. The number of imide groups is 1. The monoisotopic (exact) mass is 386 g/mol. The molecule has 0 bridgehead atoms. The molecule has 27 heavy (non-hydrogen) atoms. The molecule has 2 aromatic rings. The Balaban J connectivity index is 1.86. The predicted octanol–water partition coefficient (Wildman–Crippen LogP) is 3.37. The molecule has 2 aromatic carbocycles. The molecule has 1 atom stereocenters. The van der Waals surface area contributed by atoms with Crippen LogP contribution in [0.4, 0.5) is 4.79 Å². The Hall–Kier alpha value is -2.80. The molecule has 0 unspecified atom stereocenters. The lowest BCUT2D eigenvalue weighted by molar-refractivity contribution is -0.127. The molecule has 0 spiro atoms. The highest BCUT2D eigenvalue weighted by Crippen LogP contribution is 2.23. The molecule has 6 nitrogen and oxygen atoms in total. The second kappa shape index (κ2) is 10.4. The summed E-state index contributed by atoms with van der Waals surface area (Å²) < 4.78 is 5.20. The Morgan fingerprint density at radius 2 is 1.70 bits per heavy atom. The van der Waals surface area contributed by atoms with Gasteiger partial charge in [-0.1, -0.05) is 49.4 Å². The quantitative estimate of drug-likeness (QED) is 0.563. The molecular formula is C20H22N2O4S. The van der Waals surface area contributed by atoms with Gasteiger partial charge in [0.15, 0.2) is 6.10 Å². The number of carbonyl (C=O) groups is 3. The molecule has 7 heteroatoms. The zero-order valence-electron chi connectivity index (χ0n) is 15.2. The highest BCUT2D eigenvalue weighted by atomic mass is 32.2. The first kappa shape index (κ1) is 20.5. The Kier molecular flexibility index (Phi) is 7.88. The van der Waals surface area contributed by atoms with Gasteiger partial charge in [-0.3, -0.25) is 10.1 Å². The highest BCUT2D eigenvalue weighted by molar-refractivity contribution is 7.99. The third kappa shape index (κ3) is 6.45. The van der Waals surface area contributed by atoms with Gasteiger partial charge in [0.25, 0.3) is 5.91 Å². The number of rotatable bonds is 7. The van der Waals surface area contributed by atoms with Gasteiger partial charge in [-0.05, 0) is 30.4 Å². The van der Waals surface area contributed by atoms with Crippen LogP contribution in [0.1, 0.15) is 29.8 Å². The summed E-state index contributed by atoms with van der Waals surface area (Å²) in [5, 5.41) is 4.76. The standard InChI is InChI=1S/C20H22N2O4S/c1-3-27-17-12-8-7-11-16(17)19(24)26-14(2)18(23)22-20(25)21-13-15-9-5-4-6-10-15/h4-12,14H,3,13H2,1-2H3,(H2,21,22,23,25)/t14-/m0/s1. The fourth-order valence-electron chi connectivity index (χ4n) is 2.23. The summed E-state index contributed by atoms with van der Waals surface area (Å²) in [6.45, 7) is 3.69. The van der Waals surface area contributed by atoms with Gasteiger partial charge in [0, 0.05) is 11.4 Å². The normalized spacial score (nSPS) is 11.3. The van der Waals surface area contributed by atoms with Crippen LogP contribution in [0.15, 0.2) is 59.5 Å². The number of nitrogens with one attached hydrogen (secondary N) is 2. The Bertz CT molecular complexity index is 796. The van der Waals surface area contributed by atoms with Crippen molar-refractivity contribution in [2.75, 3.05) is 5.75 Å². The molecule has 0 aromatic heterocycles. The van der Waals surface area contributed by atoms with E-state index in [1.54, 1.807) is 12.1 Å². The molecule has 3 amide bonds. The summed E-state index contributed by atoms with van der Waals surface area (Å²) >= 11 is 1.52. The maximum absolute atomic E-state index is 12.3. The van der Waals surface area contributed by atoms with Gasteiger partial charge in [-0.25, -0.2) is 9.59 Å². The smallest absolute Gasteiger partial charge is 0.340 e. The minimum Gasteiger partial charge on any atom is -0.449 e. The van der Waals surface area contributed by atoms with Crippen molar-refractivity contribution in [1.29, 1.82) is 0 Å². The number of benzene rings is 2.